The van der Waals surface area contributed by atoms with Crippen molar-refractivity contribution in [2.75, 3.05) is 6.61 Å². The van der Waals surface area contributed by atoms with Crippen molar-refractivity contribution >= 4 is 22.0 Å². The summed E-state index contributed by atoms with van der Waals surface area (Å²) in [6, 6.07) is 4.33. The second-order valence-electron chi connectivity index (χ2n) is 5.74. The monoisotopic (exact) mass is 347 g/mol. The van der Waals surface area contributed by atoms with Gasteiger partial charge in [0.15, 0.2) is 0 Å². The normalized spacial score (nSPS) is 14.6. The molecule has 0 spiro atoms. The van der Waals surface area contributed by atoms with Gasteiger partial charge in [0.25, 0.3) is 0 Å². The molecule has 4 nitrogen and oxygen atoms in total. The number of carbonyl (C=O) groups excluding carboxylic acids is 1. The summed E-state index contributed by atoms with van der Waals surface area (Å²) >= 11 is 3.24. The van der Waals surface area contributed by atoms with Crippen molar-refractivity contribution < 1.29 is 19.0 Å². The Balaban J connectivity index is 3.03. The Morgan fingerprint density at radius 1 is 1.40 bits per heavy atom. The van der Waals surface area contributed by atoms with Gasteiger partial charge in [0.05, 0.1) is 12.1 Å². The molecular weight excluding hydrogens is 329 g/mol. The molecule has 0 bridgehead atoms. The third-order valence-corrected chi connectivity index (χ3v) is 3.11. The van der Waals surface area contributed by atoms with Crippen molar-refractivity contribution in [3.8, 4) is 0 Å². The minimum Gasteiger partial charge on any atom is -0.444 e. The number of nitrogens with one attached hydrogen (secondary N) is 1. The topological polar surface area (TPSA) is 58.6 Å². The zero-order valence-electron chi connectivity index (χ0n) is 12.0. The molecule has 0 aliphatic heterocycles. The summed E-state index contributed by atoms with van der Waals surface area (Å²) in [5, 5.41) is 12.1. The molecule has 1 aromatic rings. The highest BCUT2D eigenvalue weighted by Gasteiger charge is 2.32. The molecule has 2 N–H and O–H groups in total. The van der Waals surface area contributed by atoms with Crippen molar-refractivity contribution in [2.24, 2.45) is 0 Å². The number of benzene rings is 1. The summed E-state index contributed by atoms with van der Waals surface area (Å²) in [6.07, 6.45) is -0.714. The van der Waals surface area contributed by atoms with Crippen LogP contribution in [-0.4, -0.2) is 23.4 Å². The van der Waals surface area contributed by atoms with Gasteiger partial charge in [-0.3, -0.25) is 0 Å². The number of hydrogen-bond acceptors (Lipinski definition) is 3. The van der Waals surface area contributed by atoms with E-state index in [1.807, 2.05) is 0 Å². The molecule has 0 radical (unpaired) electrons. The second-order valence-corrected chi connectivity index (χ2v) is 6.66. The SMILES string of the molecule is CC(C)(C)OC(=O)N[C@@](C)(CO)c1cc(Br)ccc1F. The maximum absolute atomic E-state index is 13.9. The number of amides is 1. The average Bonchev–Trinajstić information content (AvgIpc) is 2.29. The Labute approximate surface area is 126 Å². The fraction of sp³-hybridized carbons (Fsp3) is 0.500. The van der Waals surface area contributed by atoms with Crippen LogP contribution >= 0.6 is 15.9 Å². The molecule has 112 valence electrons. The van der Waals surface area contributed by atoms with Crippen LogP contribution in [0, 0.1) is 5.82 Å². The lowest BCUT2D eigenvalue weighted by atomic mass is 9.92. The fourth-order valence-corrected chi connectivity index (χ4v) is 2.00. The van der Waals surface area contributed by atoms with Gasteiger partial charge in [0.1, 0.15) is 11.4 Å². The number of aliphatic hydroxyl groups is 1. The minimum atomic E-state index is -1.27. The third kappa shape index (κ3) is 4.45. The molecule has 0 aliphatic rings. The molecule has 0 aromatic heterocycles. The van der Waals surface area contributed by atoms with Crippen molar-refractivity contribution in [1.82, 2.24) is 5.32 Å². The molecule has 0 heterocycles. The molecular formula is C14H19BrFNO3. The van der Waals surface area contributed by atoms with Gasteiger partial charge in [0, 0.05) is 10.0 Å². The van der Waals surface area contributed by atoms with E-state index in [2.05, 4.69) is 21.2 Å². The molecule has 6 heteroatoms. The second kappa shape index (κ2) is 6.10. The average molecular weight is 348 g/mol. The number of halogens is 2. The molecule has 1 atom stereocenters. The van der Waals surface area contributed by atoms with Gasteiger partial charge in [-0.05, 0) is 45.9 Å². The van der Waals surface area contributed by atoms with Crippen molar-refractivity contribution in [3.63, 3.8) is 0 Å². The van der Waals surface area contributed by atoms with Crippen molar-refractivity contribution in [1.29, 1.82) is 0 Å². The first-order valence-corrected chi connectivity index (χ1v) is 6.94. The summed E-state index contributed by atoms with van der Waals surface area (Å²) in [7, 11) is 0. The molecule has 1 aromatic carbocycles. The number of carbonyl (C=O) groups is 1. The highest BCUT2D eigenvalue weighted by atomic mass is 79.9. The largest absolute Gasteiger partial charge is 0.444 e. The van der Waals surface area contributed by atoms with Crippen molar-refractivity contribution in [3.05, 3.63) is 34.1 Å². The molecule has 0 fully saturated rings. The van der Waals surface area contributed by atoms with Crippen LogP contribution in [0.2, 0.25) is 0 Å². The highest BCUT2D eigenvalue weighted by molar-refractivity contribution is 9.10. The molecule has 0 unspecified atom stereocenters. The van der Waals surface area contributed by atoms with Gasteiger partial charge in [-0.1, -0.05) is 15.9 Å². The molecule has 0 saturated carbocycles. The first-order chi connectivity index (χ1) is 9.07. The summed E-state index contributed by atoms with van der Waals surface area (Å²) in [4.78, 5) is 11.8. The number of ether oxygens (including phenoxy) is 1. The maximum Gasteiger partial charge on any atom is 0.408 e. The van der Waals surface area contributed by atoms with Gasteiger partial charge in [0.2, 0.25) is 0 Å². The lowest BCUT2D eigenvalue weighted by Gasteiger charge is -2.31. The van der Waals surface area contributed by atoms with E-state index in [4.69, 9.17) is 4.74 Å². The van der Waals surface area contributed by atoms with E-state index >= 15 is 0 Å². The Bertz CT molecular complexity index is 502. The van der Waals surface area contributed by atoms with Crippen molar-refractivity contribution in [2.45, 2.75) is 38.8 Å². The maximum atomic E-state index is 13.9. The van der Waals surface area contributed by atoms with E-state index in [0.29, 0.717) is 4.47 Å². The van der Waals surface area contributed by atoms with Crippen LogP contribution in [0.1, 0.15) is 33.3 Å². The van der Waals surface area contributed by atoms with Gasteiger partial charge in [-0.15, -0.1) is 0 Å². The van der Waals surface area contributed by atoms with Gasteiger partial charge >= 0.3 is 6.09 Å². The van der Waals surface area contributed by atoms with Crippen LogP contribution in [0.5, 0.6) is 0 Å². The molecule has 20 heavy (non-hydrogen) atoms. The first-order valence-electron chi connectivity index (χ1n) is 6.15. The van der Waals surface area contributed by atoms with Crippen LogP contribution in [0.15, 0.2) is 22.7 Å². The zero-order valence-corrected chi connectivity index (χ0v) is 13.5. The lowest BCUT2D eigenvalue weighted by molar-refractivity contribution is 0.0408. The smallest absolute Gasteiger partial charge is 0.408 e. The Morgan fingerprint density at radius 3 is 2.50 bits per heavy atom. The standard InChI is InChI=1S/C14H19BrFNO3/c1-13(2,3)20-12(19)17-14(4,8-18)10-7-9(15)5-6-11(10)16/h5-7,18H,8H2,1-4H3,(H,17,19)/t14-/m0/s1. The van der Waals surface area contributed by atoms with E-state index in [0.717, 1.165) is 0 Å². The Morgan fingerprint density at radius 2 is 2.00 bits per heavy atom. The minimum absolute atomic E-state index is 0.181. The van der Waals surface area contributed by atoms with Crippen LogP contribution < -0.4 is 5.32 Å². The lowest BCUT2D eigenvalue weighted by Crippen LogP contribution is -2.48. The highest BCUT2D eigenvalue weighted by Crippen LogP contribution is 2.27. The molecule has 0 aliphatic carbocycles. The molecule has 1 rings (SSSR count). The van der Waals surface area contributed by atoms with Crippen LogP contribution in [0.25, 0.3) is 0 Å². The van der Waals surface area contributed by atoms with Crippen LogP contribution in [0.3, 0.4) is 0 Å². The quantitative estimate of drug-likeness (QED) is 0.881. The predicted molar refractivity (Wildman–Crippen MR) is 77.9 cm³/mol. The molecule has 1 amide bonds. The van der Waals surface area contributed by atoms with E-state index in [9.17, 15) is 14.3 Å². The van der Waals surface area contributed by atoms with Gasteiger partial charge in [-0.2, -0.15) is 0 Å². The first kappa shape index (κ1) is 16.9. The Hall–Kier alpha value is -1.14. The van der Waals surface area contributed by atoms with E-state index < -0.39 is 29.7 Å². The van der Waals surface area contributed by atoms with Gasteiger partial charge < -0.3 is 15.2 Å². The fourth-order valence-electron chi connectivity index (χ4n) is 1.64. The van der Waals surface area contributed by atoms with Gasteiger partial charge in [-0.25, -0.2) is 9.18 Å². The zero-order chi connectivity index (χ0) is 15.6. The van der Waals surface area contributed by atoms with Crippen LogP contribution in [0.4, 0.5) is 9.18 Å². The number of alkyl carbamates (subject to hydrolysis) is 1. The summed E-state index contributed by atoms with van der Waals surface area (Å²) in [6.45, 7) is 6.25. The molecule has 0 saturated heterocycles. The predicted octanol–water partition coefficient (Wildman–Crippen LogP) is 3.32. The Kier molecular flexibility index (Phi) is 5.15. The van der Waals surface area contributed by atoms with E-state index in [1.54, 1.807) is 26.8 Å². The number of rotatable bonds is 3. The van der Waals surface area contributed by atoms with E-state index in [-0.39, 0.29) is 5.56 Å². The number of hydrogen-bond donors (Lipinski definition) is 2. The summed E-state index contributed by atoms with van der Waals surface area (Å²) in [5.41, 5.74) is -1.76. The third-order valence-electron chi connectivity index (χ3n) is 2.62. The van der Waals surface area contributed by atoms with E-state index in [1.165, 1.54) is 19.1 Å². The summed E-state index contributed by atoms with van der Waals surface area (Å²) < 4.78 is 19.7. The number of aliphatic hydroxyl groups excluding tert-OH is 1. The van der Waals surface area contributed by atoms with Crippen LogP contribution in [-0.2, 0) is 10.3 Å². The summed E-state index contributed by atoms with van der Waals surface area (Å²) in [5.74, 6) is -0.513.